The third-order valence-electron chi connectivity index (χ3n) is 3.19. The average molecular weight is 288 g/mol. The van der Waals surface area contributed by atoms with Crippen LogP contribution < -0.4 is 5.32 Å². The maximum absolute atomic E-state index is 12.2. The first-order valence-electron chi connectivity index (χ1n) is 7.28. The Morgan fingerprint density at radius 2 is 1.75 bits per heavy atom. The highest BCUT2D eigenvalue weighted by Gasteiger charge is 2.22. The summed E-state index contributed by atoms with van der Waals surface area (Å²) in [7, 11) is 0. The first-order chi connectivity index (χ1) is 9.33. The van der Waals surface area contributed by atoms with Crippen LogP contribution in [0.15, 0.2) is 0 Å². The van der Waals surface area contributed by atoms with Crippen molar-refractivity contribution in [2.75, 3.05) is 13.1 Å². The van der Waals surface area contributed by atoms with Crippen LogP contribution in [0.5, 0.6) is 0 Å². The van der Waals surface area contributed by atoms with E-state index in [4.69, 9.17) is 10.2 Å². The lowest BCUT2D eigenvalue weighted by molar-refractivity contribution is -0.146. The molecular weight excluding hydrogens is 260 g/mol. The number of nitrogens with one attached hydrogen (secondary N) is 1. The number of amides is 2. The van der Waals surface area contributed by atoms with Crippen LogP contribution in [0.2, 0.25) is 0 Å². The zero-order chi connectivity index (χ0) is 15.7. The molecule has 20 heavy (non-hydrogen) atoms. The molecule has 118 valence electrons. The smallest absolute Gasteiger partial charge is 0.332 e. The third-order valence-corrected chi connectivity index (χ3v) is 3.19. The molecular formula is C14H28N2O4. The minimum atomic E-state index is -1.43. The Labute approximate surface area is 121 Å². The largest absolute Gasteiger partial charge is 0.479 e. The van der Waals surface area contributed by atoms with Crippen LogP contribution in [0.25, 0.3) is 0 Å². The van der Waals surface area contributed by atoms with Gasteiger partial charge in [-0.3, -0.25) is 0 Å². The second kappa shape index (κ2) is 9.58. The van der Waals surface area contributed by atoms with Crippen molar-refractivity contribution >= 4 is 12.0 Å². The van der Waals surface area contributed by atoms with E-state index in [1.54, 1.807) is 4.90 Å². The summed E-state index contributed by atoms with van der Waals surface area (Å²) in [6.07, 6.45) is 0.351. The van der Waals surface area contributed by atoms with Gasteiger partial charge in [0.05, 0.1) is 0 Å². The molecule has 0 aromatic carbocycles. The van der Waals surface area contributed by atoms with Gasteiger partial charge in [0.25, 0.3) is 0 Å². The van der Waals surface area contributed by atoms with Crippen molar-refractivity contribution in [2.24, 2.45) is 5.92 Å². The van der Waals surface area contributed by atoms with Gasteiger partial charge in [-0.2, -0.15) is 0 Å². The molecule has 0 aliphatic heterocycles. The number of carbonyl (C=O) groups excluding carboxylic acids is 1. The monoisotopic (exact) mass is 288 g/mol. The van der Waals surface area contributed by atoms with E-state index in [0.29, 0.717) is 12.5 Å². The Bertz CT molecular complexity index is 304. The molecule has 6 nitrogen and oxygen atoms in total. The molecule has 3 N–H and O–H groups in total. The molecule has 0 aliphatic carbocycles. The lowest BCUT2D eigenvalue weighted by atomic mass is 10.1. The van der Waals surface area contributed by atoms with Crippen LogP contribution >= 0.6 is 0 Å². The van der Waals surface area contributed by atoms with Gasteiger partial charge in [-0.05, 0) is 18.8 Å². The second-order valence-corrected chi connectivity index (χ2v) is 5.39. The Morgan fingerprint density at radius 3 is 2.15 bits per heavy atom. The first kappa shape index (κ1) is 18.7. The van der Waals surface area contributed by atoms with E-state index < -0.39 is 12.1 Å². The second-order valence-electron chi connectivity index (χ2n) is 5.39. The number of aliphatic hydroxyl groups is 1. The van der Waals surface area contributed by atoms with Gasteiger partial charge in [-0.25, -0.2) is 9.59 Å². The van der Waals surface area contributed by atoms with Gasteiger partial charge in [0.2, 0.25) is 0 Å². The predicted octanol–water partition coefficient (Wildman–Crippen LogP) is 1.68. The van der Waals surface area contributed by atoms with Crippen LogP contribution in [-0.2, 0) is 4.79 Å². The van der Waals surface area contributed by atoms with E-state index >= 15 is 0 Å². The fourth-order valence-electron chi connectivity index (χ4n) is 2.06. The highest BCUT2D eigenvalue weighted by molar-refractivity contribution is 5.75. The van der Waals surface area contributed by atoms with Gasteiger partial charge < -0.3 is 20.4 Å². The van der Waals surface area contributed by atoms with E-state index in [9.17, 15) is 9.59 Å². The van der Waals surface area contributed by atoms with E-state index in [2.05, 4.69) is 19.2 Å². The summed E-state index contributed by atoms with van der Waals surface area (Å²) in [5.41, 5.74) is 0. The highest BCUT2D eigenvalue weighted by atomic mass is 16.4. The van der Waals surface area contributed by atoms with E-state index in [-0.39, 0.29) is 25.0 Å². The third kappa shape index (κ3) is 6.75. The summed E-state index contributed by atoms with van der Waals surface area (Å²) in [6.45, 7) is 9.01. The summed E-state index contributed by atoms with van der Waals surface area (Å²) in [6, 6.07) is -0.00761. The summed E-state index contributed by atoms with van der Waals surface area (Å²) in [5, 5.41) is 20.4. The number of carboxylic acid groups (broad SMARTS) is 1. The summed E-state index contributed by atoms with van der Waals surface area (Å²) < 4.78 is 0. The fourth-order valence-corrected chi connectivity index (χ4v) is 2.06. The Hall–Kier alpha value is -1.30. The molecule has 0 saturated carbocycles. The molecule has 0 aromatic heterocycles. The van der Waals surface area contributed by atoms with Crippen LogP contribution in [0.4, 0.5) is 4.79 Å². The Morgan fingerprint density at radius 1 is 1.20 bits per heavy atom. The standard InChI is InChI=1S/C14H28N2O4/c1-5-11(6-2)16(9-10(3)4)14(20)15-8-7-12(17)13(18)19/h10-12,17H,5-9H2,1-4H3,(H,15,20)(H,18,19). The lowest BCUT2D eigenvalue weighted by Crippen LogP contribution is -2.48. The summed E-state index contributed by atoms with van der Waals surface area (Å²) in [4.78, 5) is 24.5. The van der Waals surface area contributed by atoms with Crippen molar-refractivity contribution in [3.8, 4) is 0 Å². The molecule has 6 heteroatoms. The van der Waals surface area contributed by atoms with Crippen molar-refractivity contribution in [1.82, 2.24) is 10.2 Å². The van der Waals surface area contributed by atoms with Gasteiger partial charge in [-0.15, -0.1) is 0 Å². The number of nitrogens with zero attached hydrogens (tertiary/aromatic N) is 1. The van der Waals surface area contributed by atoms with Crippen molar-refractivity contribution in [3.05, 3.63) is 0 Å². The zero-order valence-electron chi connectivity index (χ0n) is 12.9. The van der Waals surface area contributed by atoms with Crippen molar-refractivity contribution in [3.63, 3.8) is 0 Å². The molecule has 0 fully saturated rings. The number of hydrogen-bond acceptors (Lipinski definition) is 3. The molecule has 0 saturated heterocycles. The number of aliphatic carboxylic acids is 1. The van der Waals surface area contributed by atoms with Gasteiger partial charge in [0.1, 0.15) is 0 Å². The highest BCUT2D eigenvalue weighted by Crippen LogP contribution is 2.11. The van der Waals surface area contributed by atoms with Gasteiger partial charge in [0.15, 0.2) is 6.10 Å². The molecule has 2 amide bonds. The Balaban J connectivity index is 4.44. The molecule has 0 radical (unpaired) electrons. The van der Waals surface area contributed by atoms with Crippen LogP contribution in [0.1, 0.15) is 47.0 Å². The number of carboxylic acids is 1. The number of carbonyl (C=O) groups is 2. The number of urea groups is 1. The van der Waals surface area contributed by atoms with Crippen LogP contribution in [0.3, 0.4) is 0 Å². The minimum Gasteiger partial charge on any atom is -0.479 e. The minimum absolute atomic E-state index is 0.0134. The summed E-state index contributed by atoms with van der Waals surface area (Å²) in [5.74, 6) is -0.899. The molecule has 1 atom stereocenters. The van der Waals surface area contributed by atoms with Crippen molar-refractivity contribution in [2.45, 2.75) is 59.1 Å². The number of aliphatic hydroxyl groups excluding tert-OH is 1. The topological polar surface area (TPSA) is 89.9 Å². The Kier molecular flexibility index (Phi) is 8.96. The predicted molar refractivity (Wildman–Crippen MR) is 77.6 cm³/mol. The maximum atomic E-state index is 12.2. The van der Waals surface area contributed by atoms with Gasteiger partial charge in [0, 0.05) is 25.6 Å². The fraction of sp³-hybridized carbons (Fsp3) is 0.857. The summed E-state index contributed by atoms with van der Waals surface area (Å²) >= 11 is 0. The SMILES string of the molecule is CCC(CC)N(CC(C)C)C(=O)NCCC(O)C(=O)O. The van der Waals surface area contributed by atoms with Gasteiger partial charge in [-0.1, -0.05) is 27.7 Å². The van der Waals surface area contributed by atoms with Crippen LogP contribution in [0, 0.1) is 5.92 Å². The molecule has 0 bridgehead atoms. The molecule has 0 spiro atoms. The normalized spacial score (nSPS) is 12.6. The lowest BCUT2D eigenvalue weighted by Gasteiger charge is -2.32. The molecule has 0 aliphatic rings. The maximum Gasteiger partial charge on any atom is 0.332 e. The molecule has 0 rings (SSSR count). The van der Waals surface area contributed by atoms with E-state index in [1.165, 1.54) is 0 Å². The number of hydrogen-bond donors (Lipinski definition) is 3. The van der Waals surface area contributed by atoms with Crippen molar-refractivity contribution < 1.29 is 19.8 Å². The van der Waals surface area contributed by atoms with Gasteiger partial charge >= 0.3 is 12.0 Å². The van der Waals surface area contributed by atoms with E-state index in [0.717, 1.165) is 12.8 Å². The zero-order valence-corrected chi connectivity index (χ0v) is 12.9. The first-order valence-corrected chi connectivity index (χ1v) is 7.28. The molecule has 0 aromatic rings. The number of rotatable bonds is 9. The molecule has 1 unspecified atom stereocenters. The molecule has 0 heterocycles. The quantitative estimate of drug-likeness (QED) is 0.602. The van der Waals surface area contributed by atoms with Crippen molar-refractivity contribution in [1.29, 1.82) is 0 Å². The van der Waals surface area contributed by atoms with Crippen LogP contribution in [-0.4, -0.2) is 52.3 Å². The van der Waals surface area contributed by atoms with E-state index in [1.807, 2.05) is 13.8 Å². The average Bonchev–Trinajstić information content (AvgIpc) is 2.37.